The average Bonchev–Trinajstić information content (AvgIpc) is 2.60. The molecule has 0 aliphatic rings. The standard InChI is InChI=1S/C18H14F4O3S/c1-24-15-10-12(7-9-16(15)26-18(21)22)13(23)8-6-11-4-2-3-5-14(11)25-17(19)20/h2-10,17-18H,1H3. The number of para-hydroxylation sites is 1. The summed E-state index contributed by atoms with van der Waals surface area (Å²) < 4.78 is 59.2. The van der Waals surface area contributed by atoms with E-state index in [1.54, 1.807) is 6.07 Å². The lowest BCUT2D eigenvalue weighted by molar-refractivity contribution is -0.0499. The third kappa shape index (κ3) is 5.52. The lowest BCUT2D eigenvalue weighted by Gasteiger charge is -2.09. The van der Waals surface area contributed by atoms with Gasteiger partial charge in [0.1, 0.15) is 11.5 Å². The number of hydrogen-bond acceptors (Lipinski definition) is 4. The second-order valence-electron chi connectivity index (χ2n) is 4.86. The zero-order valence-corrected chi connectivity index (χ0v) is 14.3. The van der Waals surface area contributed by atoms with Crippen LogP contribution in [0.2, 0.25) is 0 Å². The van der Waals surface area contributed by atoms with Crippen LogP contribution in [0.5, 0.6) is 11.5 Å². The van der Waals surface area contributed by atoms with Crippen LogP contribution in [0.4, 0.5) is 17.6 Å². The molecule has 2 rings (SSSR count). The molecular weight excluding hydrogens is 372 g/mol. The molecule has 0 unspecified atom stereocenters. The molecule has 2 aromatic carbocycles. The number of alkyl halides is 4. The molecule has 0 saturated carbocycles. The van der Waals surface area contributed by atoms with Crippen LogP contribution in [0, 0.1) is 0 Å². The summed E-state index contributed by atoms with van der Waals surface area (Å²) >= 11 is 0.313. The smallest absolute Gasteiger partial charge is 0.387 e. The summed E-state index contributed by atoms with van der Waals surface area (Å²) in [5.74, 6) is -2.97. The summed E-state index contributed by atoms with van der Waals surface area (Å²) in [7, 11) is 1.31. The van der Waals surface area contributed by atoms with Crippen molar-refractivity contribution < 1.29 is 31.8 Å². The molecule has 0 spiro atoms. The summed E-state index contributed by atoms with van der Waals surface area (Å²) in [5.41, 5.74) is 0.516. The number of thioether (sulfide) groups is 1. The first-order valence-corrected chi connectivity index (χ1v) is 8.17. The van der Waals surface area contributed by atoms with Crippen molar-refractivity contribution >= 4 is 23.6 Å². The van der Waals surface area contributed by atoms with E-state index in [-0.39, 0.29) is 22.0 Å². The molecule has 0 aliphatic heterocycles. The van der Waals surface area contributed by atoms with Gasteiger partial charge in [-0.05, 0) is 36.4 Å². The molecule has 0 fully saturated rings. The third-order valence-corrected chi connectivity index (χ3v) is 3.98. The maximum absolute atomic E-state index is 12.5. The number of halogens is 4. The van der Waals surface area contributed by atoms with Crippen LogP contribution in [0.3, 0.4) is 0 Å². The Labute approximate surface area is 151 Å². The van der Waals surface area contributed by atoms with Crippen LogP contribution in [0.25, 0.3) is 6.08 Å². The van der Waals surface area contributed by atoms with Gasteiger partial charge in [-0.25, -0.2) is 0 Å². The minimum atomic E-state index is -2.98. The van der Waals surface area contributed by atoms with Gasteiger partial charge in [-0.3, -0.25) is 4.79 Å². The van der Waals surface area contributed by atoms with Gasteiger partial charge >= 0.3 is 6.61 Å². The normalized spacial score (nSPS) is 11.3. The quantitative estimate of drug-likeness (QED) is 0.259. The van der Waals surface area contributed by atoms with Crippen LogP contribution < -0.4 is 9.47 Å². The molecule has 0 saturated heterocycles. The highest BCUT2D eigenvalue weighted by Crippen LogP contribution is 2.34. The predicted molar refractivity (Wildman–Crippen MR) is 91.3 cm³/mol. The topological polar surface area (TPSA) is 35.5 Å². The molecule has 0 radical (unpaired) electrons. The molecule has 2 aromatic rings. The largest absolute Gasteiger partial charge is 0.496 e. The molecule has 0 aromatic heterocycles. The van der Waals surface area contributed by atoms with Crippen molar-refractivity contribution in [2.24, 2.45) is 0 Å². The average molecular weight is 386 g/mol. The van der Waals surface area contributed by atoms with E-state index in [4.69, 9.17) is 4.74 Å². The Bertz CT molecular complexity index is 794. The first-order valence-electron chi connectivity index (χ1n) is 7.30. The van der Waals surface area contributed by atoms with E-state index < -0.39 is 18.2 Å². The Morgan fingerprint density at radius 3 is 2.46 bits per heavy atom. The van der Waals surface area contributed by atoms with Crippen LogP contribution in [-0.2, 0) is 0 Å². The molecule has 0 aliphatic carbocycles. The van der Waals surface area contributed by atoms with Crippen molar-refractivity contribution in [1.29, 1.82) is 0 Å². The molecule has 138 valence electrons. The third-order valence-electron chi connectivity index (χ3n) is 3.21. The highest BCUT2D eigenvalue weighted by molar-refractivity contribution is 7.99. The van der Waals surface area contributed by atoms with E-state index >= 15 is 0 Å². The molecule has 0 amide bonds. The van der Waals surface area contributed by atoms with Crippen LogP contribution in [0.15, 0.2) is 53.4 Å². The number of carbonyl (C=O) groups is 1. The Balaban J connectivity index is 2.21. The van der Waals surface area contributed by atoms with E-state index in [9.17, 15) is 22.4 Å². The second kappa shape index (κ2) is 9.28. The lowest BCUT2D eigenvalue weighted by Crippen LogP contribution is -2.03. The fourth-order valence-corrected chi connectivity index (χ4v) is 2.69. The number of allylic oxidation sites excluding steroid dienone is 1. The Kier molecular flexibility index (Phi) is 7.08. The molecule has 3 nitrogen and oxygen atoms in total. The van der Waals surface area contributed by atoms with Crippen LogP contribution in [0.1, 0.15) is 15.9 Å². The summed E-state index contributed by atoms with van der Waals surface area (Å²) in [4.78, 5) is 12.5. The van der Waals surface area contributed by atoms with Crippen molar-refractivity contribution in [2.45, 2.75) is 17.3 Å². The second-order valence-corrected chi connectivity index (χ2v) is 5.89. The molecule has 0 heterocycles. The van der Waals surface area contributed by atoms with Gasteiger partial charge in [0.15, 0.2) is 5.78 Å². The number of ether oxygens (including phenoxy) is 2. The predicted octanol–water partition coefficient (Wildman–Crippen LogP) is 5.51. The Hall–Kier alpha value is -2.48. The number of rotatable bonds is 8. The first kappa shape index (κ1) is 19.8. The summed E-state index contributed by atoms with van der Waals surface area (Å²) in [6, 6.07) is 10.1. The minimum Gasteiger partial charge on any atom is -0.496 e. The maximum Gasteiger partial charge on any atom is 0.387 e. The zero-order chi connectivity index (χ0) is 19.1. The molecule has 0 atom stereocenters. The van der Waals surface area contributed by atoms with E-state index in [1.165, 1.54) is 55.7 Å². The van der Waals surface area contributed by atoms with E-state index in [1.807, 2.05) is 0 Å². The van der Waals surface area contributed by atoms with Gasteiger partial charge in [-0.15, -0.1) is 0 Å². The van der Waals surface area contributed by atoms with Crippen molar-refractivity contribution in [1.82, 2.24) is 0 Å². The van der Waals surface area contributed by atoms with Gasteiger partial charge in [-0.2, -0.15) is 17.6 Å². The van der Waals surface area contributed by atoms with Gasteiger partial charge in [0.2, 0.25) is 0 Å². The van der Waals surface area contributed by atoms with Gasteiger partial charge in [0, 0.05) is 11.1 Å². The fourth-order valence-electron chi connectivity index (χ4n) is 2.10. The number of carbonyl (C=O) groups excluding carboxylic acids is 1. The fraction of sp³-hybridized carbons (Fsp3) is 0.167. The van der Waals surface area contributed by atoms with Crippen molar-refractivity contribution in [3.8, 4) is 11.5 Å². The van der Waals surface area contributed by atoms with Crippen molar-refractivity contribution in [3.63, 3.8) is 0 Å². The monoisotopic (exact) mass is 386 g/mol. The highest BCUT2D eigenvalue weighted by Gasteiger charge is 2.13. The van der Waals surface area contributed by atoms with Crippen LogP contribution in [-0.4, -0.2) is 25.3 Å². The molecular formula is C18H14F4O3S. The summed E-state index contributed by atoms with van der Waals surface area (Å²) in [5, 5.41) is 0. The number of methoxy groups -OCH3 is 1. The summed E-state index contributed by atoms with van der Waals surface area (Å²) in [6.07, 6.45) is 2.52. The Morgan fingerprint density at radius 1 is 1.08 bits per heavy atom. The summed E-state index contributed by atoms with van der Waals surface area (Å²) in [6.45, 7) is -2.98. The van der Waals surface area contributed by atoms with E-state index in [0.717, 1.165) is 0 Å². The van der Waals surface area contributed by atoms with Gasteiger partial charge in [0.05, 0.1) is 12.0 Å². The van der Waals surface area contributed by atoms with E-state index in [0.29, 0.717) is 17.3 Å². The zero-order valence-electron chi connectivity index (χ0n) is 13.5. The van der Waals surface area contributed by atoms with Crippen molar-refractivity contribution in [3.05, 3.63) is 59.7 Å². The van der Waals surface area contributed by atoms with Gasteiger partial charge in [-0.1, -0.05) is 30.0 Å². The first-order chi connectivity index (χ1) is 12.4. The minimum absolute atomic E-state index is 0.0622. The van der Waals surface area contributed by atoms with Crippen molar-refractivity contribution in [2.75, 3.05) is 7.11 Å². The highest BCUT2D eigenvalue weighted by atomic mass is 32.2. The van der Waals surface area contributed by atoms with Gasteiger partial charge in [0.25, 0.3) is 5.76 Å². The van der Waals surface area contributed by atoms with Crippen LogP contribution >= 0.6 is 11.8 Å². The number of hydrogen-bond donors (Lipinski definition) is 0. The molecule has 0 N–H and O–H groups in total. The number of ketones is 1. The molecule has 0 bridgehead atoms. The Morgan fingerprint density at radius 2 is 1.81 bits per heavy atom. The van der Waals surface area contributed by atoms with E-state index in [2.05, 4.69) is 4.74 Å². The molecule has 26 heavy (non-hydrogen) atoms. The molecule has 8 heteroatoms. The number of benzene rings is 2. The SMILES string of the molecule is COc1cc(C(=O)C=Cc2ccccc2OC(F)F)ccc1SC(F)F. The van der Waals surface area contributed by atoms with Gasteiger partial charge < -0.3 is 9.47 Å². The maximum atomic E-state index is 12.5. The lowest BCUT2D eigenvalue weighted by atomic mass is 10.1.